The van der Waals surface area contributed by atoms with Crippen molar-refractivity contribution in [3.8, 4) is 22.5 Å². The predicted octanol–water partition coefficient (Wildman–Crippen LogP) is 4.74. The molecular weight excluding hydrogens is 586 g/mol. The van der Waals surface area contributed by atoms with Crippen LogP contribution in [0.2, 0.25) is 0 Å². The fraction of sp³-hybridized carbons (Fsp3) is 0.206. The van der Waals surface area contributed by atoms with Crippen LogP contribution in [0.1, 0.15) is 5.56 Å². The minimum atomic E-state index is -1.43. The van der Waals surface area contributed by atoms with Crippen LogP contribution >= 0.6 is 0 Å². The van der Waals surface area contributed by atoms with Crippen molar-refractivity contribution >= 4 is 34.5 Å². The summed E-state index contributed by atoms with van der Waals surface area (Å²) >= 11 is 0. The average Bonchev–Trinajstić information content (AvgIpc) is 3.09. The van der Waals surface area contributed by atoms with Gasteiger partial charge in [0, 0.05) is 54.5 Å². The molecule has 3 aromatic carbocycles. The monoisotopic (exact) mass is 619 g/mol. The summed E-state index contributed by atoms with van der Waals surface area (Å²) in [6.45, 7) is 2.75. The number of benzene rings is 3. The van der Waals surface area contributed by atoms with Crippen LogP contribution in [-0.2, 0) is 21.3 Å². The van der Waals surface area contributed by atoms with Crippen LogP contribution in [0.25, 0.3) is 22.5 Å². The number of carboxylic acid groups (broad SMARTS) is 1. The summed E-state index contributed by atoms with van der Waals surface area (Å²) in [5.74, 6) is 0.939. The number of aliphatic carboxylic acids is 1. The molecule has 0 spiro atoms. The van der Waals surface area contributed by atoms with Crippen molar-refractivity contribution in [1.29, 1.82) is 0 Å². The van der Waals surface area contributed by atoms with E-state index >= 15 is 0 Å². The van der Waals surface area contributed by atoms with Crippen molar-refractivity contribution in [2.75, 3.05) is 47.0 Å². The average molecular weight is 620 g/mol. The largest absolute Gasteiger partial charge is 0.480 e. The van der Waals surface area contributed by atoms with Crippen molar-refractivity contribution < 1.29 is 14.1 Å². The topological polar surface area (TPSA) is 124 Å². The molecule has 1 aliphatic rings. The maximum absolute atomic E-state index is 13.0. The minimum Gasteiger partial charge on any atom is -0.480 e. The number of carbonyl (C=O) groups is 1. The van der Waals surface area contributed by atoms with E-state index < -0.39 is 22.8 Å². The summed E-state index contributed by atoms with van der Waals surface area (Å²) < 4.78 is 13.0. The number of hydrogen-bond donors (Lipinski definition) is 2. The first-order valence-corrected chi connectivity index (χ1v) is 16.2. The molecule has 10 nitrogen and oxygen atoms in total. The Morgan fingerprint density at radius 2 is 1.38 bits per heavy atom. The zero-order valence-corrected chi connectivity index (χ0v) is 25.4. The normalized spacial score (nSPS) is 14.5. The summed E-state index contributed by atoms with van der Waals surface area (Å²) in [4.78, 5) is 35.1. The van der Waals surface area contributed by atoms with E-state index in [2.05, 4.69) is 42.2 Å². The van der Waals surface area contributed by atoms with Gasteiger partial charge in [0.05, 0.1) is 5.75 Å². The first kappa shape index (κ1) is 29.9. The molecule has 1 aliphatic heterocycles. The van der Waals surface area contributed by atoms with Gasteiger partial charge in [0.15, 0.2) is 5.82 Å². The Bertz CT molecular complexity index is 1740. The number of pyridine rings is 1. The smallest absolute Gasteiger partial charge is 0.327 e. The molecule has 3 heterocycles. The van der Waals surface area contributed by atoms with Crippen LogP contribution in [-0.4, -0.2) is 73.2 Å². The Labute approximate surface area is 264 Å². The molecule has 2 N–H and O–H groups in total. The molecule has 0 amide bonds. The maximum atomic E-state index is 13.0. The number of nitrogens with one attached hydrogen (secondary N) is 1. The second kappa shape index (κ2) is 14.1. The highest BCUT2D eigenvalue weighted by molar-refractivity contribution is 7.84. The Morgan fingerprint density at radius 1 is 0.756 bits per heavy atom. The molecule has 0 saturated carbocycles. The Morgan fingerprint density at radius 3 is 2.04 bits per heavy atom. The SMILES string of the molecule is O=C(O)C(CS(=O)Cc1ccccc1)Nc1nc(-c2ccc(-c3ccccc3)cc2)nc(N2CCN(c3ccccn3)CC2)n1. The second-order valence-corrected chi connectivity index (χ2v) is 12.2. The molecule has 0 bridgehead atoms. The van der Waals surface area contributed by atoms with Gasteiger partial charge in [0.1, 0.15) is 11.9 Å². The maximum Gasteiger partial charge on any atom is 0.327 e. The number of hydrogen-bond acceptors (Lipinski definition) is 9. The zero-order chi connectivity index (χ0) is 31.0. The van der Waals surface area contributed by atoms with Gasteiger partial charge in [-0.2, -0.15) is 15.0 Å². The highest BCUT2D eigenvalue weighted by Crippen LogP contribution is 2.26. The fourth-order valence-electron chi connectivity index (χ4n) is 5.15. The van der Waals surface area contributed by atoms with E-state index in [0.717, 1.165) is 41.2 Å². The van der Waals surface area contributed by atoms with Gasteiger partial charge in [-0.15, -0.1) is 0 Å². The number of carboxylic acids is 1. The highest BCUT2D eigenvalue weighted by atomic mass is 32.2. The van der Waals surface area contributed by atoms with Gasteiger partial charge >= 0.3 is 5.97 Å². The van der Waals surface area contributed by atoms with Crippen LogP contribution < -0.4 is 15.1 Å². The van der Waals surface area contributed by atoms with E-state index in [9.17, 15) is 14.1 Å². The van der Waals surface area contributed by atoms with Gasteiger partial charge in [-0.25, -0.2) is 9.78 Å². The van der Waals surface area contributed by atoms with Crippen molar-refractivity contribution in [1.82, 2.24) is 19.9 Å². The van der Waals surface area contributed by atoms with E-state index in [1.54, 1.807) is 6.20 Å². The van der Waals surface area contributed by atoms with E-state index in [4.69, 9.17) is 4.98 Å². The van der Waals surface area contributed by atoms with Gasteiger partial charge in [-0.1, -0.05) is 91.0 Å². The Balaban J connectivity index is 1.26. The second-order valence-electron chi connectivity index (χ2n) is 10.7. The lowest BCUT2D eigenvalue weighted by Gasteiger charge is -2.35. The van der Waals surface area contributed by atoms with Gasteiger partial charge in [-0.3, -0.25) is 4.21 Å². The van der Waals surface area contributed by atoms with Gasteiger partial charge in [-0.05, 0) is 28.8 Å². The molecule has 2 aromatic heterocycles. The van der Waals surface area contributed by atoms with E-state index in [1.165, 1.54) is 0 Å². The number of nitrogens with zero attached hydrogens (tertiary/aromatic N) is 6. The van der Waals surface area contributed by atoms with Crippen molar-refractivity contribution in [2.45, 2.75) is 11.8 Å². The molecule has 6 rings (SSSR count). The molecule has 0 radical (unpaired) electrons. The molecule has 2 unspecified atom stereocenters. The number of rotatable bonds is 11. The van der Waals surface area contributed by atoms with E-state index in [-0.39, 0.29) is 17.5 Å². The zero-order valence-electron chi connectivity index (χ0n) is 24.6. The summed E-state index contributed by atoms with van der Waals surface area (Å²) in [5.41, 5.74) is 3.81. The molecule has 45 heavy (non-hydrogen) atoms. The van der Waals surface area contributed by atoms with Crippen LogP contribution in [0.15, 0.2) is 109 Å². The van der Waals surface area contributed by atoms with Gasteiger partial charge < -0.3 is 20.2 Å². The third kappa shape index (κ3) is 7.68. The Hall–Kier alpha value is -5.16. The fourth-order valence-corrected chi connectivity index (χ4v) is 6.43. The standard InChI is InChI=1S/C34H33N7O3S/c42-32(43)29(24-45(44)23-25-9-3-1-4-10-25)36-33-37-31(28-16-14-27(15-17-28)26-11-5-2-6-12-26)38-34(39-33)41-21-19-40(20-22-41)30-13-7-8-18-35-30/h1-18,29H,19-24H2,(H,42,43)(H,36,37,38,39). The lowest BCUT2D eigenvalue weighted by molar-refractivity contribution is -0.137. The van der Waals surface area contributed by atoms with Crippen LogP contribution in [0.4, 0.5) is 17.7 Å². The van der Waals surface area contributed by atoms with Crippen LogP contribution in [0.3, 0.4) is 0 Å². The van der Waals surface area contributed by atoms with Crippen molar-refractivity contribution in [3.05, 3.63) is 115 Å². The molecule has 228 valence electrons. The van der Waals surface area contributed by atoms with Crippen LogP contribution in [0.5, 0.6) is 0 Å². The third-order valence-corrected chi connectivity index (χ3v) is 8.89. The molecule has 0 aliphatic carbocycles. The lowest BCUT2D eigenvalue weighted by atomic mass is 10.0. The van der Waals surface area contributed by atoms with Crippen molar-refractivity contribution in [2.24, 2.45) is 0 Å². The first-order valence-electron chi connectivity index (χ1n) is 14.7. The number of anilines is 3. The number of piperazine rings is 1. The summed E-state index contributed by atoms with van der Waals surface area (Å²) in [7, 11) is -1.43. The summed E-state index contributed by atoms with van der Waals surface area (Å²) in [6, 6.07) is 32.1. The molecule has 2 atom stereocenters. The third-order valence-electron chi connectivity index (χ3n) is 7.53. The summed E-state index contributed by atoms with van der Waals surface area (Å²) in [6.07, 6.45) is 1.78. The molecular formula is C34H33N7O3S. The van der Waals surface area contributed by atoms with Gasteiger partial charge in [0.25, 0.3) is 0 Å². The lowest BCUT2D eigenvalue weighted by Crippen LogP contribution is -2.47. The van der Waals surface area contributed by atoms with E-state index in [1.807, 2.05) is 91.0 Å². The molecule has 11 heteroatoms. The van der Waals surface area contributed by atoms with Crippen molar-refractivity contribution in [3.63, 3.8) is 0 Å². The molecule has 1 saturated heterocycles. The highest BCUT2D eigenvalue weighted by Gasteiger charge is 2.25. The van der Waals surface area contributed by atoms with Gasteiger partial charge in [0.2, 0.25) is 11.9 Å². The predicted molar refractivity (Wildman–Crippen MR) is 178 cm³/mol. The van der Waals surface area contributed by atoms with Crippen LogP contribution in [0, 0.1) is 0 Å². The minimum absolute atomic E-state index is 0.102. The molecule has 5 aromatic rings. The number of aromatic nitrogens is 4. The Kier molecular flexibility index (Phi) is 9.35. The van der Waals surface area contributed by atoms with E-state index in [0.29, 0.717) is 24.9 Å². The summed E-state index contributed by atoms with van der Waals surface area (Å²) in [5, 5.41) is 13.0. The molecule has 1 fully saturated rings. The quantitative estimate of drug-likeness (QED) is 0.214. The first-order chi connectivity index (χ1) is 22.0.